The third kappa shape index (κ3) is 5.16. The summed E-state index contributed by atoms with van der Waals surface area (Å²) in [5.74, 6) is 0.750. The molecule has 0 unspecified atom stereocenters. The lowest BCUT2D eigenvalue weighted by Crippen LogP contribution is -2.41. The predicted octanol–water partition coefficient (Wildman–Crippen LogP) is 2.31. The molecule has 3 N–H and O–H groups in total. The van der Waals surface area contributed by atoms with E-state index in [2.05, 4.69) is 9.12 Å². The van der Waals surface area contributed by atoms with Crippen molar-refractivity contribution in [1.29, 1.82) is 0 Å². The highest BCUT2D eigenvalue weighted by Crippen LogP contribution is 2.31. The molecule has 164 valence electrons. The molecule has 2 aliphatic heterocycles. The second-order valence-electron chi connectivity index (χ2n) is 7.88. The molecule has 1 saturated heterocycles. The van der Waals surface area contributed by atoms with E-state index < -0.39 is 10.2 Å². The maximum Gasteiger partial charge on any atom is 0.344 e. The fourth-order valence-electron chi connectivity index (χ4n) is 4.03. The van der Waals surface area contributed by atoms with Crippen molar-refractivity contribution in [3.05, 3.63) is 59.7 Å². The third-order valence-electron chi connectivity index (χ3n) is 5.56. The molecule has 31 heavy (non-hydrogen) atoms. The van der Waals surface area contributed by atoms with Crippen LogP contribution in [0.15, 0.2) is 52.9 Å². The molecule has 0 radical (unpaired) electrons. The SMILES string of the molecule is NC1=NS(=O)(=O)Nc2cccc(OC[C@H]3CCCN(C(=O)CCc4ccccc4)C3)c21. The molecule has 1 atom stereocenters. The summed E-state index contributed by atoms with van der Waals surface area (Å²) in [4.78, 5) is 14.6. The Balaban J connectivity index is 1.35. The number of aryl methyl sites for hydroxylation is 1. The summed E-state index contributed by atoms with van der Waals surface area (Å²) < 4.78 is 35.3. The average Bonchev–Trinajstić information content (AvgIpc) is 2.76. The lowest BCUT2D eigenvalue weighted by Gasteiger charge is -2.33. The van der Waals surface area contributed by atoms with E-state index in [0.29, 0.717) is 36.6 Å². The third-order valence-corrected chi connectivity index (χ3v) is 6.47. The van der Waals surface area contributed by atoms with Crippen LogP contribution >= 0.6 is 0 Å². The number of likely N-dealkylation sites (tertiary alicyclic amines) is 1. The number of hydrogen-bond donors (Lipinski definition) is 2. The monoisotopic (exact) mass is 442 g/mol. The van der Waals surface area contributed by atoms with Gasteiger partial charge in [0.2, 0.25) is 5.91 Å². The van der Waals surface area contributed by atoms with Gasteiger partial charge < -0.3 is 15.4 Å². The van der Waals surface area contributed by atoms with E-state index in [1.807, 2.05) is 35.2 Å². The van der Waals surface area contributed by atoms with Gasteiger partial charge in [-0.3, -0.25) is 9.52 Å². The van der Waals surface area contributed by atoms with Crippen molar-refractivity contribution in [2.24, 2.45) is 16.0 Å². The number of fused-ring (bicyclic) bond motifs is 1. The number of benzene rings is 2. The molecular weight excluding hydrogens is 416 g/mol. The van der Waals surface area contributed by atoms with E-state index in [4.69, 9.17) is 10.5 Å². The van der Waals surface area contributed by atoms with Crippen LogP contribution in [-0.2, 0) is 21.4 Å². The fourth-order valence-corrected chi connectivity index (χ4v) is 4.87. The molecule has 2 aromatic rings. The van der Waals surface area contributed by atoms with E-state index in [-0.39, 0.29) is 17.7 Å². The lowest BCUT2D eigenvalue weighted by molar-refractivity contribution is -0.133. The number of piperidine rings is 1. The van der Waals surface area contributed by atoms with Crippen LogP contribution in [-0.4, -0.2) is 44.8 Å². The van der Waals surface area contributed by atoms with Crippen LogP contribution in [0.5, 0.6) is 5.75 Å². The molecule has 0 aliphatic carbocycles. The van der Waals surface area contributed by atoms with Crippen LogP contribution in [0.25, 0.3) is 0 Å². The zero-order valence-corrected chi connectivity index (χ0v) is 18.0. The minimum absolute atomic E-state index is 0.0919. The number of carbonyl (C=O) groups is 1. The van der Waals surface area contributed by atoms with Crippen LogP contribution < -0.4 is 15.2 Å². The maximum atomic E-state index is 12.7. The van der Waals surface area contributed by atoms with Gasteiger partial charge in [-0.2, -0.15) is 8.42 Å². The number of nitrogens with one attached hydrogen (secondary N) is 1. The van der Waals surface area contributed by atoms with Gasteiger partial charge >= 0.3 is 10.2 Å². The Morgan fingerprint density at radius 3 is 2.81 bits per heavy atom. The topological polar surface area (TPSA) is 114 Å². The molecule has 1 amide bonds. The standard InChI is InChI=1S/C22H26N4O4S/c23-22-21-18(24-31(28,29)25-22)9-4-10-19(21)30-15-17-8-5-13-26(14-17)20(27)12-11-16-6-2-1-3-7-16/h1-4,6-7,9-10,17,24H,5,8,11-15H2,(H2,23,25)/t17-/m0/s1. The van der Waals surface area contributed by atoms with Gasteiger partial charge in [-0.25, -0.2) is 0 Å². The minimum atomic E-state index is -3.83. The summed E-state index contributed by atoms with van der Waals surface area (Å²) in [5.41, 5.74) is 7.84. The van der Waals surface area contributed by atoms with Crippen LogP contribution in [0, 0.1) is 5.92 Å². The Hall–Kier alpha value is -3.07. The molecule has 0 saturated carbocycles. The Bertz CT molecular complexity index is 1090. The maximum absolute atomic E-state index is 12.7. The molecule has 1 fully saturated rings. The molecule has 0 spiro atoms. The smallest absolute Gasteiger partial charge is 0.344 e. The largest absolute Gasteiger partial charge is 0.492 e. The summed E-state index contributed by atoms with van der Waals surface area (Å²) in [6.07, 6.45) is 3.13. The number of amidine groups is 1. The quantitative estimate of drug-likeness (QED) is 0.713. The first-order valence-electron chi connectivity index (χ1n) is 10.4. The second kappa shape index (κ2) is 8.97. The molecule has 0 bridgehead atoms. The van der Waals surface area contributed by atoms with E-state index in [1.165, 1.54) is 0 Å². The van der Waals surface area contributed by atoms with E-state index in [0.717, 1.165) is 31.4 Å². The first kappa shape index (κ1) is 21.2. The molecule has 2 heterocycles. The number of nitrogens with two attached hydrogens (primary N) is 1. The minimum Gasteiger partial charge on any atom is -0.492 e. The molecule has 2 aromatic carbocycles. The van der Waals surface area contributed by atoms with Gasteiger partial charge in [0, 0.05) is 25.4 Å². The highest BCUT2D eigenvalue weighted by Gasteiger charge is 2.27. The number of amides is 1. The fraction of sp³-hybridized carbons (Fsp3) is 0.364. The van der Waals surface area contributed by atoms with Gasteiger partial charge in [0.1, 0.15) is 5.75 Å². The Labute approximate surface area is 182 Å². The van der Waals surface area contributed by atoms with Gasteiger partial charge in [0.25, 0.3) is 0 Å². The molecular formula is C22H26N4O4S. The highest BCUT2D eigenvalue weighted by molar-refractivity contribution is 7.91. The number of nitrogens with zero attached hydrogens (tertiary/aromatic N) is 2. The normalized spacial score (nSPS) is 19.7. The van der Waals surface area contributed by atoms with Gasteiger partial charge in [-0.05, 0) is 37.0 Å². The van der Waals surface area contributed by atoms with Crippen molar-refractivity contribution < 1.29 is 17.9 Å². The second-order valence-corrected chi connectivity index (χ2v) is 9.21. The summed E-state index contributed by atoms with van der Waals surface area (Å²) in [5, 5.41) is 0. The molecule has 8 nitrogen and oxygen atoms in total. The van der Waals surface area contributed by atoms with Crippen molar-refractivity contribution in [2.75, 3.05) is 24.4 Å². The van der Waals surface area contributed by atoms with Crippen molar-refractivity contribution in [1.82, 2.24) is 4.90 Å². The van der Waals surface area contributed by atoms with E-state index in [9.17, 15) is 13.2 Å². The number of anilines is 1. The zero-order chi connectivity index (χ0) is 21.8. The number of ether oxygens (including phenoxy) is 1. The molecule has 0 aromatic heterocycles. The van der Waals surface area contributed by atoms with Crippen LogP contribution in [0.3, 0.4) is 0 Å². The Kier molecular flexibility index (Phi) is 6.13. The first-order chi connectivity index (χ1) is 14.9. The predicted molar refractivity (Wildman–Crippen MR) is 119 cm³/mol. The van der Waals surface area contributed by atoms with Crippen LogP contribution in [0.2, 0.25) is 0 Å². The van der Waals surface area contributed by atoms with Crippen molar-refractivity contribution in [3.63, 3.8) is 0 Å². The number of rotatable bonds is 6. The molecule has 9 heteroatoms. The summed E-state index contributed by atoms with van der Waals surface area (Å²) >= 11 is 0. The van der Waals surface area contributed by atoms with Gasteiger partial charge in [0.15, 0.2) is 5.84 Å². The highest BCUT2D eigenvalue weighted by atomic mass is 32.2. The van der Waals surface area contributed by atoms with Crippen molar-refractivity contribution in [3.8, 4) is 5.75 Å². The zero-order valence-electron chi connectivity index (χ0n) is 17.2. The number of carbonyl (C=O) groups excluding carboxylic acids is 1. The summed E-state index contributed by atoms with van der Waals surface area (Å²) in [7, 11) is -3.83. The number of hydrogen-bond acceptors (Lipinski definition) is 5. The van der Waals surface area contributed by atoms with Crippen LogP contribution in [0.4, 0.5) is 5.69 Å². The van der Waals surface area contributed by atoms with Gasteiger partial charge in [-0.15, -0.1) is 4.40 Å². The average molecular weight is 443 g/mol. The van der Waals surface area contributed by atoms with Gasteiger partial charge in [0.05, 0.1) is 17.9 Å². The Morgan fingerprint density at radius 1 is 1.19 bits per heavy atom. The van der Waals surface area contributed by atoms with E-state index in [1.54, 1.807) is 18.2 Å². The van der Waals surface area contributed by atoms with E-state index >= 15 is 0 Å². The lowest BCUT2D eigenvalue weighted by atomic mass is 9.98. The summed E-state index contributed by atoms with van der Waals surface area (Å²) in [6, 6.07) is 15.1. The first-order valence-corrected chi connectivity index (χ1v) is 11.8. The van der Waals surface area contributed by atoms with Crippen molar-refractivity contribution >= 4 is 27.6 Å². The van der Waals surface area contributed by atoms with Crippen LogP contribution in [0.1, 0.15) is 30.4 Å². The van der Waals surface area contributed by atoms with Gasteiger partial charge in [-0.1, -0.05) is 36.4 Å². The molecule has 4 rings (SSSR count). The van der Waals surface area contributed by atoms with Crippen molar-refractivity contribution in [2.45, 2.75) is 25.7 Å². The summed E-state index contributed by atoms with van der Waals surface area (Å²) in [6.45, 7) is 1.84. The Morgan fingerprint density at radius 2 is 2.00 bits per heavy atom. The molecule has 2 aliphatic rings.